The molecule has 0 rings (SSSR count). The number of hydrogen-bond donors (Lipinski definition) is 5. The van der Waals surface area contributed by atoms with Gasteiger partial charge in [0.05, 0.1) is 0 Å². The molecule has 0 aliphatic rings. The maximum absolute atomic E-state index is 10.1. The topological polar surface area (TPSA) is 162 Å². The first-order valence-electron chi connectivity index (χ1n) is 4.25. The summed E-state index contributed by atoms with van der Waals surface area (Å²) < 4.78 is 0. The Balaban J connectivity index is 0. The van der Waals surface area contributed by atoms with Crippen LogP contribution < -0.4 is 17.2 Å². The van der Waals surface area contributed by atoms with Crippen molar-refractivity contribution in [2.24, 2.45) is 17.2 Å². The number of carbonyl (C=O) groups is 2. The van der Waals surface area contributed by atoms with Crippen LogP contribution in [-0.2, 0) is 9.68 Å². The van der Waals surface area contributed by atoms with Crippen molar-refractivity contribution < 1.29 is 24.8 Å². The molecule has 8 N–H and O–H groups in total. The molecule has 0 heterocycles. The number of amides is 1. The van der Waals surface area contributed by atoms with E-state index in [1.807, 2.05) is 0 Å². The lowest BCUT2D eigenvalue weighted by molar-refractivity contribution is -0.174. The molecular weight excluding hydrogens is 206 g/mol. The van der Waals surface area contributed by atoms with Gasteiger partial charge in [-0.2, -0.15) is 5.26 Å². The van der Waals surface area contributed by atoms with Crippen molar-refractivity contribution in [3.63, 3.8) is 0 Å². The monoisotopic (exact) mass is 223 g/mol. The number of nitrogens with two attached hydrogens (primary N) is 3. The van der Waals surface area contributed by atoms with E-state index in [1.54, 1.807) is 0 Å². The average molecular weight is 223 g/mol. The van der Waals surface area contributed by atoms with Crippen LogP contribution in [0, 0.1) is 0 Å². The number of carboxylic acids is 1. The van der Waals surface area contributed by atoms with Crippen LogP contribution in [0.4, 0.5) is 4.79 Å². The molecule has 0 aromatic heterocycles. The number of primary amides is 1. The number of unbranched alkanes of at least 4 members (excludes halogenated alkanes) is 1. The minimum Gasteiger partial charge on any atom is -0.480 e. The van der Waals surface area contributed by atoms with Gasteiger partial charge in [0.1, 0.15) is 6.04 Å². The Morgan fingerprint density at radius 1 is 1.33 bits per heavy atom. The third-order valence-electron chi connectivity index (χ3n) is 1.38. The van der Waals surface area contributed by atoms with Crippen LogP contribution in [0.3, 0.4) is 0 Å². The Kier molecular flexibility index (Phi) is 11.5. The van der Waals surface area contributed by atoms with Crippen molar-refractivity contribution in [1.82, 2.24) is 0 Å². The van der Waals surface area contributed by atoms with Crippen molar-refractivity contribution in [2.45, 2.75) is 25.3 Å². The van der Waals surface area contributed by atoms with Gasteiger partial charge in [-0.15, -0.1) is 0 Å². The summed E-state index contributed by atoms with van der Waals surface area (Å²) in [6.07, 6.45) is 0.974. The zero-order valence-electron chi connectivity index (χ0n) is 8.26. The molecule has 0 saturated heterocycles. The zero-order valence-corrected chi connectivity index (χ0v) is 8.26. The van der Waals surface area contributed by atoms with Gasteiger partial charge in [0.2, 0.25) is 0 Å². The van der Waals surface area contributed by atoms with Crippen molar-refractivity contribution in [2.75, 3.05) is 6.54 Å². The molecule has 0 aliphatic heterocycles. The second-order valence-corrected chi connectivity index (χ2v) is 2.64. The fourth-order valence-corrected chi connectivity index (χ4v) is 0.632. The van der Waals surface area contributed by atoms with Gasteiger partial charge in [-0.05, 0) is 19.4 Å². The number of hydrogen-bond acceptors (Lipinski definition) is 6. The van der Waals surface area contributed by atoms with Crippen LogP contribution in [-0.4, -0.2) is 35.0 Å². The summed E-state index contributed by atoms with van der Waals surface area (Å²) in [7, 11) is 0. The van der Waals surface area contributed by atoms with E-state index in [0.29, 0.717) is 13.0 Å². The molecule has 90 valence electrons. The minimum atomic E-state index is -1.19. The molecule has 0 aliphatic carbocycles. The molecule has 1 amide bonds. The molecule has 8 nitrogen and oxygen atoms in total. The molecule has 15 heavy (non-hydrogen) atoms. The average Bonchev–Trinajstić information content (AvgIpc) is 2.18. The first-order valence-corrected chi connectivity index (χ1v) is 4.25. The highest BCUT2D eigenvalue weighted by Gasteiger charge is 2.09. The minimum absolute atomic E-state index is 0.520. The molecule has 0 bridgehead atoms. The molecular formula is C7H17N3O5. The van der Waals surface area contributed by atoms with Crippen LogP contribution in [0.25, 0.3) is 0 Å². The van der Waals surface area contributed by atoms with Crippen LogP contribution >= 0.6 is 0 Å². The fraction of sp³-hybridized carbons (Fsp3) is 0.714. The number of carbonyl (C=O) groups excluding carboxylic acids is 1. The number of carboxylic acid groups (broad SMARTS) is 1. The lowest BCUT2D eigenvalue weighted by Gasteiger charge is -2.03. The van der Waals surface area contributed by atoms with E-state index in [4.69, 9.17) is 26.6 Å². The third kappa shape index (κ3) is 15.4. The highest BCUT2D eigenvalue weighted by atomic mass is 17.1. The maximum atomic E-state index is 10.1. The molecule has 0 unspecified atom stereocenters. The van der Waals surface area contributed by atoms with E-state index < -0.39 is 18.1 Å². The van der Waals surface area contributed by atoms with Gasteiger partial charge in [0.25, 0.3) is 0 Å². The van der Waals surface area contributed by atoms with Crippen LogP contribution in [0.1, 0.15) is 19.3 Å². The molecule has 8 heteroatoms. The largest absolute Gasteiger partial charge is 0.480 e. The van der Waals surface area contributed by atoms with Crippen molar-refractivity contribution in [1.29, 1.82) is 0 Å². The van der Waals surface area contributed by atoms with Gasteiger partial charge in [-0.3, -0.25) is 9.68 Å². The molecule has 0 aromatic rings. The molecule has 0 aromatic carbocycles. The first-order chi connectivity index (χ1) is 6.95. The first kappa shape index (κ1) is 16.1. The molecule has 0 spiro atoms. The fourth-order valence-electron chi connectivity index (χ4n) is 0.632. The van der Waals surface area contributed by atoms with Crippen LogP contribution in [0.5, 0.6) is 0 Å². The second kappa shape index (κ2) is 10.7. The van der Waals surface area contributed by atoms with E-state index >= 15 is 0 Å². The van der Waals surface area contributed by atoms with Crippen molar-refractivity contribution in [3.05, 3.63) is 0 Å². The SMILES string of the molecule is NC(=O)OO.NCCCC[C@H](N)C(=O)O. The van der Waals surface area contributed by atoms with Crippen molar-refractivity contribution in [3.8, 4) is 0 Å². The quantitative estimate of drug-likeness (QED) is 0.228. The van der Waals surface area contributed by atoms with Gasteiger partial charge >= 0.3 is 12.1 Å². The number of rotatable bonds is 5. The summed E-state index contributed by atoms with van der Waals surface area (Å²) in [5.74, 6) is -0.933. The Morgan fingerprint density at radius 2 is 1.80 bits per heavy atom. The van der Waals surface area contributed by atoms with Gasteiger partial charge in [-0.1, -0.05) is 6.42 Å². The Bertz CT molecular complexity index is 187. The highest BCUT2D eigenvalue weighted by Crippen LogP contribution is 1.96. The standard InChI is InChI=1S/C6H14N2O2.CH3NO3/c7-4-2-1-3-5(8)6(9)10;2-1(3)5-4/h5H,1-4,7-8H2,(H,9,10);4H,(H2,2,3)/t5-;/m0./s1. The van der Waals surface area contributed by atoms with E-state index in [9.17, 15) is 4.79 Å². The molecule has 0 saturated carbocycles. The van der Waals surface area contributed by atoms with E-state index in [1.165, 1.54) is 0 Å². The predicted molar refractivity (Wildman–Crippen MR) is 51.8 cm³/mol. The number of aliphatic carboxylic acids is 1. The third-order valence-corrected chi connectivity index (χ3v) is 1.38. The predicted octanol–water partition coefficient (Wildman–Crippen LogP) is -0.918. The van der Waals surface area contributed by atoms with Crippen molar-refractivity contribution >= 4 is 12.1 Å². The highest BCUT2D eigenvalue weighted by molar-refractivity contribution is 5.72. The maximum Gasteiger partial charge on any atom is 0.435 e. The molecule has 1 atom stereocenters. The van der Waals surface area contributed by atoms with Crippen LogP contribution in [0.15, 0.2) is 0 Å². The molecule has 0 fully saturated rings. The summed E-state index contributed by atoms with van der Waals surface area (Å²) >= 11 is 0. The molecule has 0 radical (unpaired) electrons. The zero-order chi connectivity index (χ0) is 12.3. The Hall–Kier alpha value is -1.38. The Morgan fingerprint density at radius 3 is 2.07 bits per heavy atom. The lowest BCUT2D eigenvalue weighted by atomic mass is 10.1. The normalized spacial score (nSPS) is 10.9. The lowest BCUT2D eigenvalue weighted by Crippen LogP contribution is -2.29. The smallest absolute Gasteiger partial charge is 0.435 e. The van der Waals surface area contributed by atoms with Gasteiger partial charge in [0, 0.05) is 0 Å². The van der Waals surface area contributed by atoms with Gasteiger partial charge in [-0.25, -0.2) is 4.79 Å². The van der Waals surface area contributed by atoms with Gasteiger partial charge in [0.15, 0.2) is 0 Å². The van der Waals surface area contributed by atoms with E-state index in [2.05, 4.69) is 10.6 Å². The summed E-state index contributed by atoms with van der Waals surface area (Å²) in [5.41, 5.74) is 14.6. The van der Waals surface area contributed by atoms with E-state index in [0.717, 1.165) is 12.8 Å². The Labute approximate surface area is 86.9 Å². The summed E-state index contributed by atoms with van der Waals surface area (Å²) in [5, 5.41) is 15.5. The van der Waals surface area contributed by atoms with Gasteiger partial charge < -0.3 is 22.3 Å². The summed E-state index contributed by atoms with van der Waals surface area (Å²) in [4.78, 5) is 22.1. The second-order valence-electron chi connectivity index (χ2n) is 2.64. The summed E-state index contributed by atoms with van der Waals surface area (Å²) in [6, 6.07) is -0.716. The van der Waals surface area contributed by atoms with E-state index in [-0.39, 0.29) is 0 Å². The van der Waals surface area contributed by atoms with Crippen LogP contribution in [0.2, 0.25) is 0 Å². The summed E-state index contributed by atoms with van der Waals surface area (Å²) in [6.45, 7) is 0.604.